The third-order valence-corrected chi connectivity index (χ3v) is 5.69. The van der Waals surface area contributed by atoms with Crippen molar-refractivity contribution >= 4 is 28.4 Å². The van der Waals surface area contributed by atoms with Gasteiger partial charge in [0.25, 0.3) is 5.56 Å². The van der Waals surface area contributed by atoms with Crippen LogP contribution in [0.25, 0.3) is 10.9 Å². The molecule has 1 fully saturated rings. The number of amides is 2. The Morgan fingerprint density at radius 1 is 1.12 bits per heavy atom. The summed E-state index contributed by atoms with van der Waals surface area (Å²) < 4.78 is 12.0. The molecule has 0 bridgehead atoms. The fourth-order valence-corrected chi connectivity index (χ4v) is 4.02. The lowest BCUT2D eigenvalue weighted by Crippen LogP contribution is -2.37. The van der Waals surface area contributed by atoms with Crippen molar-refractivity contribution < 1.29 is 19.1 Å². The van der Waals surface area contributed by atoms with Crippen molar-refractivity contribution in [1.82, 2.24) is 14.9 Å². The van der Waals surface area contributed by atoms with Gasteiger partial charge in [0.15, 0.2) is 11.5 Å². The summed E-state index contributed by atoms with van der Waals surface area (Å²) in [6.07, 6.45) is 2.46. The van der Waals surface area contributed by atoms with Crippen LogP contribution >= 0.6 is 0 Å². The summed E-state index contributed by atoms with van der Waals surface area (Å²) in [5, 5.41) is 3.35. The first kappa shape index (κ1) is 22.3. The second kappa shape index (κ2) is 9.72. The van der Waals surface area contributed by atoms with Crippen LogP contribution in [-0.4, -0.2) is 48.2 Å². The Hall–Kier alpha value is -3.88. The number of hydrogen-bond acceptors (Lipinski definition) is 6. The van der Waals surface area contributed by atoms with E-state index in [4.69, 9.17) is 9.47 Å². The summed E-state index contributed by atoms with van der Waals surface area (Å²) in [5.74, 6) is 0.808. The molecule has 0 saturated carbocycles. The number of aryl methyl sites for hydroxylation is 1. The van der Waals surface area contributed by atoms with Crippen LogP contribution in [0.4, 0.5) is 5.69 Å². The summed E-state index contributed by atoms with van der Waals surface area (Å²) in [4.78, 5) is 43.6. The van der Waals surface area contributed by atoms with Crippen LogP contribution in [0.3, 0.4) is 0 Å². The molecule has 2 heterocycles. The molecule has 9 nitrogen and oxygen atoms in total. The van der Waals surface area contributed by atoms with Crippen LogP contribution in [0.2, 0.25) is 0 Å². The highest BCUT2D eigenvalue weighted by molar-refractivity contribution is 5.96. The summed E-state index contributed by atoms with van der Waals surface area (Å²) in [7, 11) is 3.03. The third kappa shape index (κ3) is 4.82. The first-order valence-electron chi connectivity index (χ1n) is 10.8. The molecule has 9 heteroatoms. The van der Waals surface area contributed by atoms with Gasteiger partial charge in [0.1, 0.15) is 0 Å². The Morgan fingerprint density at radius 2 is 1.85 bits per heavy atom. The van der Waals surface area contributed by atoms with Crippen molar-refractivity contribution in [3.63, 3.8) is 0 Å². The van der Waals surface area contributed by atoms with Crippen LogP contribution in [0, 0.1) is 0 Å². The second-order valence-electron chi connectivity index (χ2n) is 7.88. The number of carbonyl (C=O) groups excluding carboxylic acids is 2. The van der Waals surface area contributed by atoms with Crippen LogP contribution < -0.4 is 25.2 Å². The molecular formula is C24H26N4O5. The van der Waals surface area contributed by atoms with E-state index in [1.54, 1.807) is 17.0 Å². The lowest BCUT2D eigenvalue weighted by Gasteiger charge is -2.17. The van der Waals surface area contributed by atoms with E-state index in [9.17, 15) is 14.4 Å². The first-order chi connectivity index (χ1) is 16.0. The van der Waals surface area contributed by atoms with E-state index in [0.29, 0.717) is 41.9 Å². The predicted molar refractivity (Wildman–Crippen MR) is 124 cm³/mol. The van der Waals surface area contributed by atoms with Crippen molar-refractivity contribution in [2.45, 2.75) is 31.8 Å². The average molecular weight is 450 g/mol. The molecule has 1 atom stereocenters. The molecule has 0 aliphatic carbocycles. The SMILES string of the molecule is COc1cc2ncn(CCCC(=O)N[C@H]3CC(=O)N(c4ccccc4)C3)c(=O)c2cc1OC. The molecule has 1 aromatic heterocycles. The number of nitrogens with one attached hydrogen (secondary N) is 1. The number of methoxy groups -OCH3 is 2. The Balaban J connectivity index is 1.34. The van der Waals surface area contributed by atoms with Crippen molar-refractivity contribution in [1.29, 1.82) is 0 Å². The van der Waals surface area contributed by atoms with Crippen molar-refractivity contribution in [2.24, 2.45) is 0 Å². The highest BCUT2D eigenvalue weighted by Crippen LogP contribution is 2.29. The summed E-state index contributed by atoms with van der Waals surface area (Å²) in [6.45, 7) is 0.803. The van der Waals surface area contributed by atoms with Gasteiger partial charge in [0, 0.05) is 37.7 Å². The van der Waals surface area contributed by atoms with Gasteiger partial charge in [0.2, 0.25) is 11.8 Å². The van der Waals surface area contributed by atoms with Gasteiger partial charge in [-0.05, 0) is 24.6 Å². The van der Waals surface area contributed by atoms with Gasteiger partial charge >= 0.3 is 0 Å². The molecule has 33 heavy (non-hydrogen) atoms. The van der Waals surface area contributed by atoms with Gasteiger partial charge < -0.3 is 19.7 Å². The molecule has 2 aromatic carbocycles. The maximum absolute atomic E-state index is 12.8. The smallest absolute Gasteiger partial charge is 0.261 e. The van der Waals surface area contributed by atoms with E-state index in [2.05, 4.69) is 10.3 Å². The fraction of sp³-hybridized carbons (Fsp3) is 0.333. The molecule has 0 spiro atoms. The van der Waals surface area contributed by atoms with E-state index >= 15 is 0 Å². The maximum atomic E-state index is 12.8. The van der Waals surface area contributed by atoms with Crippen molar-refractivity contribution in [2.75, 3.05) is 25.7 Å². The normalized spacial score (nSPS) is 15.6. The molecular weight excluding hydrogens is 424 g/mol. The quantitative estimate of drug-likeness (QED) is 0.564. The molecule has 0 radical (unpaired) electrons. The topological polar surface area (TPSA) is 103 Å². The number of aromatic nitrogens is 2. The molecule has 1 aliphatic rings. The number of benzene rings is 2. The van der Waals surface area contributed by atoms with E-state index in [0.717, 1.165) is 5.69 Å². The predicted octanol–water partition coefficient (Wildman–Crippen LogP) is 2.12. The maximum Gasteiger partial charge on any atom is 0.261 e. The lowest BCUT2D eigenvalue weighted by molar-refractivity contribution is -0.121. The number of ether oxygens (including phenoxy) is 2. The fourth-order valence-electron chi connectivity index (χ4n) is 4.02. The minimum atomic E-state index is -0.224. The van der Waals surface area contributed by atoms with E-state index in [1.165, 1.54) is 25.1 Å². The highest BCUT2D eigenvalue weighted by Gasteiger charge is 2.31. The highest BCUT2D eigenvalue weighted by atomic mass is 16.5. The van der Waals surface area contributed by atoms with Crippen LogP contribution in [0.5, 0.6) is 11.5 Å². The van der Waals surface area contributed by atoms with E-state index < -0.39 is 0 Å². The molecule has 3 aromatic rings. The summed E-state index contributed by atoms with van der Waals surface area (Å²) in [6, 6.07) is 12.5. The first-order valence-corrected chi connectivity index (χ1v) is 10.8. The number of fused-ring (bicyclic) bond motifs is 1. The molecule has 0 unspecified atom stereocenters. The van der Waals surface area contributed by atoms with Gasteiger partial charge in [0.05, 0.1) is 37.5 Å². The Morgan fingerprint density at radius 3 is 2.58 bits per heavy atom. The monoisotopic (exact) mass is 450 g/mol. The zero-order valence-corrected chi connectivity index (χ0v) is 18.6. The zero-order chi connectivity index (χ0) is 23.4. The molecule has 1 saturated heterocycles. The van der Waals surface area contributed by atoms with Crippen molar-refractivity contribution in [3.8, 4) is 11.5 Å². The van der Waals surface area contributed by atoms with E-state index in [-0.39, 0.29) is 36.3 Å². The average Bonchev–Trinajstić information content (AvgIpc) is 3.20. The number of nitrogens with zero attached hydrogens (tertiary/aromatic N) is 3. The third-order valence-electron chi connectivity index (χ3n) is 5.69. The zero-order valence-electron chi connectivity index (χ0n) is 18.6. The Labute approximate surface area is 190 Å². The van der Waals surface area contributed by atoms with E-state index in [1.807, 2.05) is 30.3 Å². The molecule has 172 valence electrons. The number of carbonyl (C=O) groups is 2. The minimum absolute atomic E-state index is 0.00708. The summed E-state index contributed by atoms with van der Waals surface area (Å²) in [5.41, 5.74) is 1.14. The standard InChI is InChI=1S/C24H26N4O5/c1-32-20-12-18-19(13-21(20)33-2)25-15-27(24(18)31)10-6-9-22(29)26-16-11-23(30)28(14-16)17-7-4-3-5-8-17/h3-5,7-8,12-13,15-16H,6,9-11,14H2,1-2H3,(H,26,29)/t16-/m0/s1. The minimum Gasteiger partial charge on any atom is -0.493 e. The second-order valence-corrected chi connectivity index (χ2v) is 7.88. The summed E-state index contributed by atoms with van der Waals surface area (Å²) >= 11 is 0. The number of anilines is 1. The van der Waals surface area contributed by atoms with Crippen molar-refractivity contribution in [3.05, 3.63) is 59.1 Å². The molecule has 4 rings (SSSR count). The van der Waals surface area contributed by atoms with Gasteiger partial charge in [-0.1, -0.05) is 18.2 Å². The van der Waals surface area contributed by atoms with Crippen LogP contribution in [0.15, 0.2) is 53.6 Å². The lowest BCUT2D eigenvalue weighted by atomic mass is 10.2. The van der Waals surface area contributed by atoms with Gasteiger partial charge in [-0.15, -0.1) is 0 Å². The van der Waals surface area contributed by atoms with Gasteiger partial charge in [-0.25, -0.2) is 4.98 Å². The van der Waals surface area contributed by atoms with Gasteiger partial charge in [-0.2, -0.15) is 0 Å². The number of rotatable bonds is 8. The Kier molecular flexibility index (Phi) is 6.58. The molecule has 1 aliphatic heterocycles. The Bertz CT molecular complexity index is 1220. The molecule has 2 amide bonds. The van der Waals surface area contributed by atoms with Crippen LogP contribution in [0.1, 0.15) is 19.3 Å². The number of hydrogen-bond donors (Lipinski definition) is 1. The largest absolute Gasteiger partial charge is 0.493 e. The molecule has 1 N–H and O–H groups in total. The van der Waals surface area contributed by atoms with Crippen LogP contribution in [-0.2, 0) is 16.1 Å². The number of para-hydroxylation sites is 1. The van der Waals surface area contributed by atoms with Gasteiger partial charge in [-0.3, -0.25) is 19.0 Å².